The fourth-order valence-corrected chi connectivity index (χ4v) is 2.72. The van der Waals surface area contributed by atoms with Crippen molar-refractivity contribution in [1.29, 1.82) is 0 Å². The fraction of sp³-hybridized carbons (Fsp3) is 0.625. The maximum absolute atomic E-state index is 12.6. The Balaban J connectivity index is 2.04. The molecule has 5 heteroatoms. The lowest BCUT2D eigenvalue weighted by molar-refractivity contribution is 0.0696. The van der Waals surface area contributed by atoms with Gasteiger partial charge in [-0.15, -0.1) is 0 Å². The second-order valence-corrected chi connectivity index (χ2v) is 5.82. The summed E-state index contributed by atoms with van der Waals surface area (Å²) in [5.74, 6) is 0.921. The molecular weight excluding hydrogens is 264 g/mol. The normalized spacial score (nSPS) is 20.1. The molecule has 0 radical (unpaired) electrons. The highest BCUT2D eigenvalue weighted by atomic mass is 16.2. The lowest BCUT2D eigenvalue weighted by atomic mass is 10.2. The van der Waals surface area contributed by atoms with Crippen molar-refractivity contribution >= 4 is 11.7 Å². The van der Waals surface area contributed by atoms with E-state index in [0.717, 1.165) is 44.8 Å². The van der Waals surface area contributed by atoms with E-state index in [1.807, 2.05) is 17.0 Å². The molecule has 2 rings (SSSR count). The number of pyridine rings is 1. The molecule has 1 unspecified atom stereocenters. The van der Waals surface area contributed by atoms with Crippen molar-refractivity contribution in [3.05, 3.63) is 23.9 Å². The van der Waals surface area contributed by atoms with Gasteiger partial charge in [-0.1, -0.05) is 6.92 Å². The number of aromatic nitrogens is 1. The highest BCUT2D eigenvalue weighted by Gasteiger charge is 2.24. The third kappa shape index (κ3) is 4.17. The summed E-state index contributed by atoms with van der Waals surface area (Å²) < 4.78 is 0. The Bertz CT molecular complexity index is 460. The molecule has 116 valence electrons. The molecule has 0 aromatic carbocycles. The molecule has 1 aromatic rings. The van der Waals surface area contributed by atoms with Gasteiger partial charge in [-0.05, 0) is 45.5 Å². The van der Waals surface area contributed by atoms with Gasteiger partial charge in [0.15, 0.2) is 0 Å². The molecule has 1 aromatic heterocycles. The van der Waals surface area contributed by atoms with Crippen LogP contribution in [0.2, 0.25) is 0 Å². The number of carbonyl (C=O) groups excluding carboxylic acids is 1. The van der Waals surface area contributed by atoms with Crippen LogP contribution >= 0.6 is 0 Å². The van der Waals surface area contributed by atoms with E-state index in [2.05, 4.69) is 36.1 Å². The monoisotopic (exact) mass is 290 g/mol. The number of hydrogen-bond acceptors (Lipinski definition) is 4. The number of nitrogens with zero attached hydrogens (tertiary/aromatic N) is 3. The molecule has 1 N–H and O–H groups in total. The molecule has 0 spiro atoms. The van der Waals surface area contributed by atoms with Crippen molar-refractivity contribution in [3.63, 3.8) is 0 Å². The lowest BCUT2D eigenvalue weighted by Crippen LogP contribution is -2.42. The molecule has 5 nitrogen and oxygen atoms in total. The standard InChI is InChI=1S/C16H26N4O/c1-4-8-17-15-7-6-14(11-18-15)16(21)20-10-5-9-19(3)12-13(20)2/h6-7,11,13H,4-5,8-10,12H2,1-3H3,(H,17,18). The molecule has 0 bridgehead atoms. The van der Waals surface area contributed by atoms with Gasteiger partial charge in [-0.2, -0.15) is 0 Å². The van der Waals surface area contributed by atoms with E-state index in [9.17, 15) is 4.79 Å². The number of likely N-dealkylation sites (N-methyl/N-ethyl adjacent to an activating group) is 1. The fourth-order valence-electron chi connectivity index (χ4n) is 2.72. The van der Waals surface area contributed by atoms with Gasteiger partial charge in [-0.3, -0.25) is 4.79 Å². The SMILES string of the molecule is CCCNc1ccc(C(=O)N2CCCN(C)CC2C)cn1. The topological polar surface area (TPSA) is 48.5 Å². The molecule has 1 amide bonds. The molecular formula is C16H26N4O. The van der Waals surface area contributed by atoms with E-state index >= 15 is 0 Å². The van der Waals surface area contributed by atoms with Crippen molar-refractivity contribution in [2.75, 3.05) is 38.5 Å². The maximum Gasteiger partial charge on any atom is 0.255 e. The van der Waals surface area contributed by atoms with Crippen molar-refractivity contribution in [3.8, 4) is 0 Å². The zero-order chi connectivity index (χ0) is 15.2. The zero-order valence-corrected chi connectivity index (χ0v) is 13.3. The average Bonchev–Trinajstić information content (AvgIpc) is 2.65. The first-order valence-corrected chi connectivity index (χ1v) is 7.81. The minimum Gasteiger partial charge on any atom is -0.370 e. The van der Waals surface area contributed by atoms with Crippen LogP contribution in [0, 0.1) is 0 Å². The van der Waals surface area contributed by atoms with Crippen LogP contribution in [0.1, 0.15) is 37.0 Å². The molecule has 1 saturated heterocycles. The van der Waals surface area contributed by atoms with Crippen LogP contribution < -0.4 is 5.32 Å². The number of nitrogens with one attached hydrogen (secondary N) is 1. The minimum atomic E-state index is 0.0901. The molecule has 21 heavy (non-hydrogen) atoms. The first-order chi connectivity index (χ1) is 10.1. The van der Waals surface area contributed by atoms with Crippen molar-refractivity contribution in [1.82, 2.24) is 14.8 Å². The Morgan fingerprint density at radius 2 is 2.24 bits per heavy atom. The summed E-state index contributed by atoms with van der Waals surface area (Å²) in [6, 6.07) is 3.99. The van der Waals surface area contributed by atoms with E-state index in [1.54, 1.807) is 6.20 Å². The Kier molecular flexibility index (Phi) is 5.56. The van der Waals surface area contributed by atoms with E-state index < -0.39 is 0 Å². The Morgan fingerprint density at radius 1 is 1.43 bits per heavy atom. The van der Waals surface area contributed by atoms with Gasteiger partial charge >= 0.3 is 0 Å². The van der Waals surface area contributed by atoms with Crippen LogP contribution in [-0.2, 0) is 0 Å². The van der Waals surface area contributed by atoms with Gasteiger partial charge in [-0.25, -0.2) is 4.98 Å². The second-order valence-electron chi connectivity index (χ2n) is 5.82. The van der Waals surface area contributed by atoms with Gasteiger partial charge in [0, 0.05) is 31.9 Å². The minimum absolute atomic E-state index is 0.0901. The molecule has 1 atom stereocenters. The Hall–Kier alpha value is -1.62. The molecule has 2 heterocycles. The molecule has 0 saturated carbocycles. The van der Waals surface area contributed by atoms with E-state index in [1.165, 1.54) is 0 Å². The summed E-state index contributed by atoms with van der Waals surface area (Å²) in [6.45, 7) is 7.92. The third-order valence-corrected chi connectivity index (χ3v) is 3.87. The first-order valence-electron chi connectivity index (χ1n) is 7.81. The Labute approximate surface area is 127 Å². The van der Waals surface area contributed by atoms with Crippen LogP contribution in [0.15, 0.2) is 18.3 Å². The zero-order valence-electron chi connectivity index (χ0n) is 13.3. The predicted octanol–water partition coefficient (Wildman–Crippen LogP) is 2.07. The third-order valence-electron chi connectivity index (χ3n) is 3.87. The van der Waals surface area contributed by atoms with Crippen LogP contribution in [0.4, 0.5) is 5.82 Å². The summed E-state index contributed by atoms with van der Waals surface area (Å²) in [6.07, 6.45) is 3.76. The van der Waals surface area contributed by atoms with Crippen LogP contribution in [-0.4, -0.2) is 60.0 Å². The van der Waals surface area contributed by atoms with Gasteiger partial charge < -0.3 is 15.1 Å². The quantitative estimate of drug-likeness (QED) is 0.922. The van der Waals surface area contributed by atoms with Gasteiger partial charge in [0.25, 0.3) is 5.91 Å². The average molecular weight is 290 g/mol. The summed E-state index contributed by atoms with van der Waals surface area (Å²) >= 11 is 0. The predicted molar refractivity (Wildman–Crippen MR) is 85.6 cm³/mol. The summed E-state index contributed by atoms with van der Waals surface area (Å²) in [5, 5.41) is 3.22. The highest BCUT2D eigenvalue weighted by molar-refractivity contribution is 5.94. The van der Waals surface area contributed by atoms with Crippen LogP contribution in [0.3, 0.4) is 0 Å². The maximum atomic E-state index is 12.6. The lowest BCUT2D eigenvalue weighted by Gasteiger charge is -2.28. The van der Waals surface area contributed by atoms with Crippen LogP contribution in [0.5, 0.6) is 0 Å². The highest BCUT2D eigenvalue weighted by Crippen LogP contribution is 2.14. The molecule has 1 aliphatic rings. The number of hydrogen-bond donors (Lipinski definition) is 1. The van der Waals surface area contributed by atoms with Gasteiger partial charge in [0.2, 0.25) is 0 Å². The molecule has 1 aliphatic heterocycles. The molecule has 0 aliphatic carbocycles. The Morgan fingerprint density at radius 3 is 2.90 bits per heavy atom. The van der Waals surface area contributed by atoms with Crippen molar-refractivity contribution < 1.29 is 4.79 Å². The van der Waals surface area contributed by atoms with E-state index in [4.69, 9.17) is 0 Å². The molecule has 1 fully saturated rings. The summed E-state index contributed by atoms with van der Waals surface area (Å²) in [7, 11) is 2.11. The van der Waals surface area contributed by atoms with E-state index in [0.29, 0.717) is 5.56 Å². The number of rotatable bonds is 4. The first kappa shape index (κ1) is 15.8. The summed E-state index contributed by atoms with van der Waals surface area (Å²) in [5.41, 5.74) is 0.674. The number of anilines is 1. The number of carbonyl (C=O) groups is 1. The van der Waals surface area contributed by atoms with Crippen LogP contribution in [0.25, 0.3) is 0 Å². The number of amides is 1. The smallest absolute Gasteiger partial charge is 0.255 e. The largest absolute Gasteiger partial charge is 0.370 e. The summed E-state index contributed by atoms with van der Waals surface area (Å²) in [4.78, 5) is 21.2. The van der Waals surface area contributed by atoms with Gasteiger partial charge in [0.05, 0.1) is 5.56 Å². The van der Waals surface area contributed by atoms with Crippen molar-refractivity contribution in [2.45, 2.75) is 32.7 Å². The second kappa shape index (κ2) is 7.41. The van der Waals surface area contributed by atoms with Gasteiger partial charge in [0.1, 0.15) is 5.82 Å². The van der Waals surface area contributed by atoms with E-state index in [-0.39, 0.29) is 11.9 Å². The van der Waals surface area contributed by atoms with Crippen molar-refractivity contribution in [2.24, 2.45) is 0 Å².